The van der Waals surface area contributed by atoms with Crippen LogP contribution < -0.4 is 9.04 Å². The predicted octanol–water partition coefficient (Wildman–Crippen LogP) is 3.66. The number of carbonyl (C=O) groups is 2. The van der Waals surface area contributed by atoms with Crippen molar-refractivity contribution in [2.45, 2.75) is 35.4 Å². The first kappa shape index (κ1) is 26.7. The number of amides is 2. The third-order valence-electron chi connectivity index (χ3n) is 8.13. The molecule has 3 atom stereocenters. The first-order valence-electron chi connectivity index (χ1n) is 13.3. The molecule has 2 fully saturated rings. The summed E-state index contributed by atoms with van der Waals surface area (Å²) in [6.45, 7) is 0.568. The van der Waals surface area contributed by atoms with Crippen molar-refractivity contribution in [2.24, 2.45) is 5.11 Å². The van der Waals surface area contributed by atoms with Crippen LogP contribution in [-0.2, 0) is 25.0 Å². The molecular weight excluding hydrogens is 544 g/mol. The van der Waals surface area contributed by atoms with E-state index >= 15 is 0 Å². The van der Waals surface area contributed by atoms with Gasteiger partial charge in [-0.15, -0.1) is 0 Å². The van der Waals surface area contributed by atoms with Crippen molar-refractivity contribution in [3.8, 4) is 5.75 Å². The molecule has 2 amide bonds. The lowest BCUT2D eigenvalue weighted by Crippen LogP contribution is -2.62. The van der Waals surface area contributed by atoms with Gasteiger partial charge in [0.15, 0.2) is 0 Å². The van der Waals surface area contributed by atoms with Crippen LogP contribution in [0, 0.1) is 0 Å². The minimum atomic E-state index is -4.13. The van der Waals surface area contributed by atoms with Crippen molar-refractivity contribution in [2.75, 3.05) is 31.0 Å². The lowest BCUT2D eigenvalue weighted by molar-refractivity contribution is -0.153. The zero-order valence-corrected chi connectivity index (χ0v) is 23.1. The molecule has 3 aliphatic rings. The highest BCUT2D eigenvalue weighted by Crippen LogP contribution is 2.59. The molecule has 0 N–H and O–H groups in total. The molecule has 0 aromatic heterocycles. The topological polar surface area (TPSA) is 136 Å². The summed E-state index contributed by atoms with van der Waals surface area (Å²) in [7, 11) is -2.53. The van der Waals surface area contributed by atoms with Gasteiger partial charge in [0, 0.05) is 18.5 Å². The van der Waals surface area contributed by atoms with E-state index in [-0.39, 0.29) is 29.7 Å². The zero-order chi connectivity index (χ0) is 28.8. The van der Waals surface area contributed by atoms with Gasteiger partial charge < -0.3 is 14.5 Å². The molecule has 0 aliphatic carbocycles. The van der Waals surface area contributed by atoms with Crippen LogP contribution in [0.1, 0.15) is 24.0 Å². The number of benzene rings is 3. The van der Waals surface area contributed by atoms with E-state index in [9.17, 15) is 18.0 Å². The second-order valence-electron chi connectivity index (χ2n) is 10.4. The molecule has 6 rings (SSSR count). The summed E-state index contributed by atoms with van der Waals surface area (Å²) in [5, 5.41) is 3.51. The number of hydrogen-bond donors (Lipinski definition) is 0. The van der Waals surface area contributed by atoms with Gasteiger partial charge in [-0.3, -0.25) is 9.59 Å². The molecule has 0 unspecified atom stereocenters. The third kappa shape index (κ3) is 4.10. The fourth-order valence-electron chi connectivity index (χ4n) is 6.39. The van der Waals surface area contributed by atoms with Crippen LogP contribution in [0.15, 0.2) is 88.9 Å². The van der Waals surface area contributed by atoms with Gasteiger partial charge in [0.25, 0.3) is 10.0 Å². The molecule has 0 saturated carbocycles. The van der Waals surface area contributed by atoms with Gasteiger partial charge in [0.1, 0.15) is 18.0 Å². The Labute approximate surface area is 237 Å². The predicted molar refractivity (Wildman–Crippen MR) is 151 cm³/mol. The molecule has 12 heteroatoms. The van der Waals surface area contributed by atoms with E-state index in [1.54, 1.807) is 49.5 Å². The smallest absolute Gasteiger partial charge is 0.266 e. The van der Waals surface area contributed by atoms with Crippen molar-refractivity contribution in [3.05, 3.63) is 100 Å². The zero-order valence-electron chi connectivity index (χ0n) is 22.3. The summed E-state index contributed by atoms with van der Waals surface area (Å²) >= 11 is 0. The quantitative estimate of drug-likeness (QED) is 0.176. The number of azide groups is 1. The van der Waals surface area contributed by atoms with E-state index in [0.717, 1.165) is 11.1 Å². The SMILES string of the molecule is CN1CC(=O)N2[C@@H](C[C@]3(c4ccc(OCCCN=[N+]=[N-])cc4)c4ccccc4N(S(=O)(=O)c4ccccc4)[C@H]23)C1=O. The van der Waals surface area contributed by atoms with Gasteiger partial charge in [-0.05, 0) is 59.8 Å². The highest BCUT2D eigenvalue weighted by molar-refractivity contribution is 7.92. The maximum atomic E-state index is 14.3. The largest absolute Gasteiger partial charge is 0.494 e. The number of fused-ring (bicyclic) bond motifs is 5. The van der Waals surface area contributed by atoms with E-state index in [4.69, 9.17) is 10.3 Å². The van der Waals surface area contributed by atoms with E-state index in [1.165, 1.54) is 26.2 Å². The second-order valence-corrected chi connectivity index (χ2v) is 12.2. The van der Waals surface area contributed by atoms with Crippen LogP contribution in [0.5, 0.6) is 5.75 Å². The summed E-state index contributed by atoms with van der Waals surface area (Å²) in [6.07, 6.45) is -0.182. The van der Waals surface area contributed by atoms with Crippen molar-refractivity contribution >= 4 is 27.5 Å². The van der Waals surface area contributed by atoms with Gasteiger partial charge in [0.2, 0.25) is 11.8 Å². The van der Waals surface area contributed by atoms with Crippen molar-refractivity contribution in [1.29, 1.82) is 0 Å². The van der Waals surface area contributed by atoms with Crippen LogP contribution in [0.2, 0.25) is 0 Å². The standard InChI is InChI=1S/C29H28N6O5S/c1-33-19-26(36)34-25(27(33)37)18-29(20-12-14-21(15-13-20)40-17-7-16-31-32-30)23-10-5-6-11-24(23)35(28(29)34)41(38,39)22-8-3-2-4-9-22/h2-6,8-15,25,28H,7,16-19H2,1H3/t25-,28-,29-/m0/s1. The number of piperazine rings is 1. The van der Waals surface area contributed by atoms with Gasteiger partial charge in [-0.1, -0.05) is 53.6 Å². The lowest BCUT2D eigenvalue weighted by atomic mass is 9.72. The normalized spacial score (nSPS) is 23.1. The van der Waals surface area contributed by atoms with Crippen LogP contribution in [-0.4, -0.2) is 69.0 Å². The Bertz CT molecular complexity index is 1660. The van der Waals surface area contributed by atoms with Crippen LogP contribution in [0.3, 0.4) is 0 Å². The average Bonchev–Trinajstić information content (AvgIpc) is 3.48. The average molecular weight is 573 g/mol. The molecule has 2 saturated heterocycles. The first-order chi connectivity index (χ1) is 19.8. The Morgan fingerprint density at radius 1 is 1.02 bits per heavy atom. The Morgan fingerprint density at radius 2 is 1.73 bits per heavy atom. The third-order valence-corrected chi connectivity index (χ3v) is 9.91. The van der Waals surface area contributed by atoms with Gasteiger partial charge >= 0.3 is 0 Å². The number of para-hydroxylation sites is 1. The Balaban J connectivity index is 1.50. The molecular formula is C29H28N6O5S. The molecule has 3 aromatic rings. The highest BCUT2D eigenvalue weighted by Gasteiger charge is 2.67. The maximum Gasteiger partial charge on any atom is 0.266 e. The summed E-state index contributed by atoms with van der Waals surface area (Å²) in [4.78, 5) is 32.8. The maximum absolute atomic E-state index is 14.3. The van der Waals surface area contributed by atoms with Gasteiger partial charge in [-0.2, -0.15) is 0 Å². The molecule has 3 aromatic carbocycles. The Hall–Kier alpha value is -4.54. The molecule has 3 heterocycles. The van der Waals surface area contributed by atoms with Crippen molar-refractivity contribution in [3.63, 3.8) is 0 Å². The molecule has 11 nitrogen and oxygen atoms in total. The summed E-state index contributed by atoms with van der Waals surface area (Å²) < 4.78 is 35.8. The molecule has 0 spiro atoms. The molecule has 3 aliphatic heterocycles. The molecule has 0 radical (unpaired) electrons. The van der Waals surface area contributed by atoms with E-state index in [0.29, 0.717) is 31.0 Å². The van der Waals surface area contributed by atoms with E-state index < -0.39 is 27.6 Å². The molecule has 41 heavy (non-hydrogen) atoms. The van der Waals surface area contributed by atoms with E-state index in [2.05, 4.69) is 10.0 Å². The number of likely N-dealkylation sites (N-methyl/N-ethyl adjacent to an activating group) is 1. The van der Waals surface area contributed by atoms with Gasteiger partial charge in [0.05, 0.1) is 29.1 Å². The fraction of sp³-hybridized carbons (Fsp3) is 0.310. The minimum Gasteiger partial charge on any atom is -0.494 e. The minimum absolute atomic E-state index is 0.103. The number of hydrogen-bond acceptors (Lipinski definition) is 6. The summed E-state index contributed by atoms with van der Waals surface area (Å²) in [5.74, 6) is 0.0863. The molecule has 210 valence electrons. The number of ether oxygens (including phenoxy) is 1. The van der Waals surface area contributed by atoms with Crippen LogP contribution >= 0.6 is 0 Å². The van der Waals surface area contributed by atoms with Crippen molar-refractivity contribution < 1.29 is 22.7 Å². The van der Waals surface area contributed by atoms with Crippen LogP contribution in [0.25, 0.3) is 10.4 Å². The number of rotatable bonds is 8. The van der Waals surface area contributed by atoms with Crippen molar-refractivity contribution in [1.82, 2.24) is 9.80 Å². The van der Waals surface area contributed by atoms with Crippen LogP contribution in [0.4, 0.5) is 5.69 Å². The van der Waals surface area contributed by atoms with Gasteiger partial charge in [-0.25, -0.2) is 12.7 Å². The first-order valence-corrected chi connectivity index (χ1v) is 14.7. The fourth-order valence-corrected chi connectivity index (χ4v) is 8.09. The number of anilines is 1. The molecule has 0 bridgehead atoms. The Kier molecular flexibility index (Phi) is 6.59. The monoisotopic (exact) mass is 572 g/mol. The van der Waals surface area contributed by atoms with E-state index in [1.807, 2.05) is 24.3 Å². The summed E-state index contributed by atoms with van der Waals surface area (Å²) in [6, 6.07) is 22.0. The Morgan fingerprint density at radius 3 is 2.46 bits per heavy atom. The number of carbonyl (C=O) groups excluding carboxylic acids is 2. The highest BCUT2D eigenvalue weighted by atomic mass is 32.2. The number of nitrogens with zero attached hydrogens (tertiary/aromatic N) is 6. The lowest BCUT2D eigenvalue weighted by Gasteiger charge is -2.41. The second kappa shape index (κ2) is 10.1. The summed E-state index contributed by atoms with van der Waals surface area (Å²) in [5.41, 5.74) is 9.45. The number of sulfonamides is 1.